The molecule has 0 saturated heterocycles. The molecule has 1 N–H and O–H groups in total. The van der Waals surface area contributed by atoms with E-state index in [-0.39, 0.29) is 29.5 Å². The number of nitrogens with zero attached hydrogens (tertiary/aromatic N) is 2. The van der Waals surface area contributed by atoms with Crippen LogP contribution in [0.25, 0.3) is 0 Å². The van der Waals surface area contributed by atoms with Gasteiger partial charge in [0.1, 0.15) is 12.6 Å². The number of hydrogen-bond donors (Lipinski definition) is 1. The molecule has 1 atom stereocenters. The summed E-state index contributed by atoms with van der Waals surface area (Å²) < 4.78 is 29.4. The largest absolute Gasteiger partial charge is 0.354 e. The van der Waals surface area contributed by atoms with Gasteiger partial charge in [0.05, 0.1) is 10.6 Å². The van der Waals surface area contributed by atoms with Gasteiger partial charge in [-0.15, -0.1) is 0 Å². The minimum Gasteiger partial charge on any atom is -0.354 e. The van der Waals surface area contributed by atoms with E-state index in [0.29, 0.717) is 27.7 Å². The number of amides is 2. The van der Waals surface area contributed by atoms with Crippen molar-refractivity contribution in [2.45, 2.75) is 50.6 Å². The Morgan fingerprint density at radius 2 is 1.51 bits per heavy atom. The molecule has 7 nitrogen and oxygen atoms in total. The molecule has 10 heteroatoms. The first-order chi connectivity index (χ1) is 21.6. The van der Waals surface area contributed by atoms with E-state index in [0.717, 1.165) is 22.7 Å². The summed E-state index contributed by atoms with van der Waals surface area (Å²) >= 11 is 12.9. The Morgan fingerprint density at radius 3 is 2.18 bits per heavy atom. The topological polar surface area (TPSA) is 86.8 Å². The lowest BCUT2D eigenvalue weighted by molar-refractivity contribution is -0.140. The number of anilines is 1. The lowest BCUT2D eigenvalue weighted by Gasteiger charge is -2.34. The summed E-state index contributed by atoms with van der Waals surface area (Å²) in [5.74, 6) is -0.899. The number of unbranched alkanes of at least 4 members (excludes halogenated alkanes) is 1. The van der Waals surface area contributed by atoms with E-state index in [1.54, 1.807) is 61.5 Å². The first-order valence-corrected chi connectivity index (χ1v) is 17.0. The Balaban J connectivity index is 1.82. The van der Waals surface area contributed by atoms with Crippen molar-refractivity contribution < 1.29 is 18.0 Å². The number of aryl methyl sites for hydroxylation is 1. The summed E-state index contributed by atoms with van der Waals surface area (Å²) in [6.07, 6.45) is 1.88. The fourth-order valence-electron chi connectivity index (χ4n) is 4.95. The first-order valence-electron chi connectivity index (χ1n) is 14.8. The van der Waals surface area contributed by atoms with Crippen LogP contribution in [0.3, 0.4) is 0 Å². The summed E-state index contributed by atoms with van der Waals surface area (Å²) in [5, 5.41) is 3.73. The van der Waals surface area contributed by atoms with Crippen molar-refractivity contribution in [1.82, 2.24) is 10.2 Å². The number of sulfonamides is 1. The molecule has 0 saturated carbocycles. The normalized spacial score (nSPS) is 11.9. The van der Waals surface area contributed by atoms with E-state index < -0.39 is 28.5 Å². The maximum Gasteiger partial charge on any atom is 0.264 e. The molecule has 4 rings (SSSR count). The van der Waals surface area contributed by atoms with Crippen LogP contribution in [0, 0.1) is 6.92 Å². The molecular weight excluding hydrogens is 629 g/mol. The van der Waals surface area contributed by atoms with E-state index in [4.69, 9.17) is 23.2 Å². The number of nitrogens with one attached hydrogen (secondary N) is 1. The molecule has 0 spiro atoms. The van der Waals surface area contributed by atoms with Crippen molar-refractivity contribution in [2.75, 3.05) is 17.4 Å². The lowest BCUT2D eigenvalue weighted by atomic mass is 10.0. The van der Waals surface area contributed by atoms with E-state index in [1.807, 2.05) is 37.3 Å². The highest BCUT2D eigenvalue weighted by Crippen LogP contribution is 2.30. The van der Waals surface area contributed by atoms with Gasteiger partial charge in [-0.05, 0) is 60.4 Å². The quantitative estimate of drug-likeness (QED) is 0.146. The molecule has 45 heavy (non-hydrogen) atoms. The number of carbonyl (C=O) groups is 2. The second-order valence-electron chi connectivity index (χ2n) is 10.7. The molecule has 0 unspecified atom stereocenters. The smallest absolute Gasteiger partial charge is 0.264 e. The zero-order valence-electron chi connectivity index (χ0n) is 25.3. The van der Waals surface area contributed by atoms with Crippen LogP contribution in [-0.2, 0) is 32.6 Å². The zero-order valence-corrected chi connectivity index (χ0v) is 27.7. The highest BCUT2D eigenvalue weighted by Gasteiger charge is 2.35. The Kier molecular flexibility index (Phi) is 12.0. The van der Waals surface area contributed by atoms with Gasteiger partial charge in [0, 0.05) is 29.6 Å². The molecule has 236 valence electrons. The van der Waals surface area contributed by atoms with Gasteiger partial charge in [0.25, 0.3) is 10.0 Å². The third-order valence-electron chi connectivity index (χ3n) is 7.45. The predicted molar refractivity (Wildman–Crippen MR) is 181 cm³/mol. The van der Waals surface area contributed by atoms with Crippen molar-refractivity contribution in [3.05, 3.63) is 130 Å². The molecular formula is C35H37Cl2N3O4S. The van der Waals surface area contributed by atoms with E-state index in [2.05, 4.69) is 5.32 Å². The average Bonchev–Trinajstić information content (AvgIpc) is 3.04. The Morgan fingerprint density at radius 1 is 0.867 bits per heavy atom. The van der Waals surface area contributed by atoms with E-state index in [1.165, 1.54) is 23.1 Å². The second-order valence-corrected chi connectivity index (χ2v) is 13.4. The van der Waals surface area contributed by atoms with Crippen molar-refractivity contribution in [3.8, 4) is 0 Å². The average molecular weight is 667 g/mol. The van der Waals surface area contributed by atoms with Gasteiger partial charge in [-0.1, -0.05) is 109 Å². The van der Waals surface area contributed by atoms with Crippen LogP contribution in [0.15, 0.2) is 108 Å². The highest BCUT2D eigenvalue weighted by atomic mass is 35.5. The molecule has 0 aliphatic heterocycles. The molecule has 0 aromatic heterocycles. The van der Waals surface area contributed by atoms with Crippen LogP contribution in [0.1, 0.15) is 36.5 Å². The van der Waals surface area contributed by atoms with Crippen molar-refractivity contribution in [3.63, 3.8) is 0 Å². The third kappa shape index (κ3) is 8.87. The first kappa shape index (κ1) is 34.0. The highest BCUT2D eigenvalue weighted by molar-refractivity contribution is 7.92. The Bertz CT molecular complexity index is 1700. The van der Waals surface area contributed by atoms with Gasteiger partial charge in [-0.2, -0.15) is 0 Å². The predicted octanol–water partition coefficient (Wildman–Crippen LogP) is 7.05. The van der Waals surface area contributed by atoms with Crippen LogP contribution in [-0.4, -0.2) is 44.3 Å². The third-order valence-corrected chi connectivity index (χ3v) is 9.83. The number of carbonyl (C=O) groups excluding carboxylic acids is 2. The molecule has 2 amide bonds. The maximum atomic E-state index is 14.5. The van der Waals surface area contributed by atoms with Gasteiger partial charge < -0.3 is 10.2 Å². The van der Waals surface area contributed by atoms with Crippen molar-refractivity contribution >= 4 is 50.7 Å². The van der Waals surface area contributed by atoms with Crippen LogP contribution in [0.4, 0.5) is 5.69 Å². The van der Waals surface area contributed by atoms with Crippen LogP contribution < -0.4 is 9.62 Å². The number of rotatable bonds is 14. The molecule has 0 aliphatic carbocycles. The van der Waals surface area contributed by atoms with Crippen molar-refractivity contribution in [2.24, 2.45) is 0 Å². The minimum atomic E-state index is -4.22. The molecule has 0 heterocycles. The fraction of sp³-hybridized carbons (Fsp3) is 0.257. The van der Waals surface area contributed by atoms with Crippen LogP contribution in [0.2, 0.25) is 10.0 Å². The number of benzene rings is 4. The van der Waals surface area contributed by atoms with Gasteiger partial charge in [0.2, 0.25) is 11.8 Å². The monoisotopic (exact) mass is 665 g/mol. The fourth-order valence-corrected chi connectivity index (χ4v) is 6.81. The van der Waals surface area contributed by atoms with E-state index in [9.17, 15) is 18.0 Å². The Labute approximate surface area is 275 Å². The van der Waals surface area contributed by atoms with Crippen molar-refractivity contribution in [1.29, 1.82) is 0 Å². The number of hydrogen-bond acceptors (Lipinski definition) is 4. The van der Waals surface area contributed by atoms with Crippen LogP contribution >= 0.6 is 23.2 Å². The summed E-state index contributed by atoms with van der Waals surface area (Å²) in [7, 11) is -4.22. The van der Waals surface area contributed by atoms with Gasteiger partial charge in [-0.25, -0.2) is 8.42 Å². The second kappa shape index (κ2) is 15.9. The summed E-state index contributed by atoms with van der Waals surface area (Å²) in [5.41, 5.74) is 2.36. The SMILES string of the molecule is CCCCNC(=O)[C@H](Cc1ccccc1)N(Cc1ccccc1Cl)C(=O)CN(c1cc(Cl)ccc1C)S(=O)(=O)c1ccccc1. The molecule has 0 bridgehead atoms. The van der Waals surface area contributed by atoms with Crippen LogP contribution in [0.5, 0.6) is 0 Å². The van der Waals surface area contributed by atoms with E-state index >= 15 is 0 Å². The molecule has 0 radical (unpaired) electrons. The van der Waals surface area contributed by atoms with Gasteiger partial charge in [-0.3, -0.25) is 13.9 Å². The molecule has 4 aromatic rings. The minimum absolute atomic E-state index is 0.00897. The summed E-state index contributed by atoms with van der Waals surface area (Å²) in [6.45, 7) is 3.65. The standard InChI is InChI=1S/C35H37Cl2N3O4S/c1-3-4-21-38-35(42)33(22-27-13-7-5-8-14-27)39(24-28-15-11-12-18-31(28)37)34(41)25-40(32-23-29(36)20-19-26(32)2)45(43,44)30-16-9-6-10-17-30/h5-20,23,33H,3-4,21-22,24-25H2,1-2H3,(H,38,42)/t33-/m0/s1. The molecule has 0 aliphatic rings. The molecule has 0 fully saturated rings. The number of halogens is 2. The lowest BCUT2D eigenvalue weighted by Crippen LogP contribution is -2.53. The zero-order chi connectivity index (χ0) is 32.4. The van der Waals surface area contributed by atoms with Gasteiger partial charge >= 0.3 is 0 Å². The summed E-state index contributed by atoms with van der Waals surface area (Å²) in [6, 6.07) is 28.4. The van der Waals surface area contributed by atoms with Gasteiger partial charge in [0.15, 0.2) is 0 Å². The molecule has 4 aromatic carbocycles. The summed E-state index contributed by atoms with van der Waals surface area (Å²) in [4.78, 5) is 29.8. The maximum absolute atomic E-state index is 14.5. The Hall–Kier alpha value is -3.85.